The Morgan fingerprint density at radius 1 is 1.07 bits per heavy atom. The molecular weight excluding hydrogens is 213 g/mol. The van der Waals surface area contributed by atoms with E-state index in [9.17, 15) is 4.57 Å². The van der Waals surface area contributed by atoms with Crippen LogP contribution in [0.3, 0.4) is 0 Å². The van der Waals surface area contributed by atoms with Crippen molar-refractivity contribution < 1.29 is 13.6 Å². The normalized spacial score (nSPS) is 10.7. The van der Waals surface area contributed by atoms with Gasteiger partial charge < -0.3 is 4.90 Å². The van der Waals surface area contributed by atoms with Crippen molar-refractivity contribution in [3.8, 4) is 11.7 Å². The van der Waals surface area contributed by atoms with E-state index in [-0.39, 0.29) is 0 Å². The first-order chi connectivity index (χ1) is 7.11. The molecule has 0 aromatic rings. The highest BCUT2D eigenvalue weighted by molar-refractivity contribution is 7.59. The minimum absolute atomic E-state index is 0.338. The summed E-state index contributed by atoms with van der Waals surface area (Å²) in [7, 11) is -3.20. The van der Waals surface area contributed by atoms with Gasteiger partial charge in [0.25, 0.3) is 0 Å². The molecule has 5 heteroatoms. The summed E-state index contributed by atoms with van der Waals surface area (Å²) in [6.07, 6.45) is 0. The highest BCUT2D eigenvalue weighted by atomic mass is 31.2. The van der Waals surface area contributed by atoms with Crippen molar-refractivity contribution in [3.63, 3.8) is 0 Å². The summed E-state index contributed by atoms with van der Waals surface area (Å²) in [5, 5.41) is 0. The molecule has 0 unspecified atom stereocenters. The molecule has 15 heavy (non-hydrogen) atoms. The van der Waals surface area contributed by atoms with Crippen LogP contribution in [0.25, 0.3) is 0 Å². The van der Waals surface area contributed by atoms with Gasteiger partial charge in [-0.25, -0.2) is 4.57 Å². The van der Waals surface area contributed by atoms with Gasteiger partial charge in [0.1, 0.15) is 0 Å². The van der Waals surface area contributed by atoms with Crippen molar-refractivity contribution in [2.24, 2.45) is 0 Å². The smallest absolute Gasteiger partial charge is 0.333 e. The van der Waals surface area contributed by atoms with Gasteiger partial charge in [0.2, 0.25) is 0 Å². The van der Waals surface area contributed by atoms with Crippen molar-refractivity contribution in [1.29, 1.82) is 0 Å². The molecule has 0 aliphatic heterocycles. The first kappa shape index (κ1) is 14.5. The molecule has 0 bridgehead atoms. The summed E-state index contributed by atoms with van der Waals surface area (Å²) in [4.78, 5) is 1.85. The van der Waals surface area contributed by atoms with E-state index in [4.69, 9.17) is 9.05 Å². The van der Waals surface area contributed by atoms with Crippen LogP contribution < -0.4 is 0 Å². The molecule has 0 aromatic carbocycles. The molecule has 0 atom stereocenters. The van der Waals surface area contributed by atoms with E-state index >= 15 is 0 Å². The maximum Gasteiger partial charge on any atom is 0.407 e. The number of rotatable bonds is 6. The van der Waals surface area contributed by atoms with Crippen molar-refractivity contribution in [1.82, 2.24) is 4.90 Å². The lowest BCUT2D eigenvalue weighted by molar-refractivity contribution is 0.230. The second kappa shape index (κ2) is 7.76. The maximum absolute atomic E-state index is 11.9. The maximum atomic E-state index is 11.9. The van der Waals surface area contributed by atoms with Gasteiger partial charge in [0, 0.05) is 24.8 Å². The van der Waals surface area contributed by atoms with Gasteiger partial charge in [-0.15, -0.1) is 0 Å². The van der Waals surface area contributed by atoms with Crippen LogP contribution in [0.2, 0.25) is 0 Å². The molecule has 0 N–H and O–H groups in total. The van der Waals surface area contributed by atoms with Crippen LogP contribution in [0.15, 0.2) is 0 Å². The molecule has 0 rings (SSSR count). The number of nitrogens with zero attached hydrogens (tertiary/aromatic N) is 1. The largest absolute Gasteiger partial charge is 0.407 e. The number of hydrogen-bond donors (Lipinski definition) is 0. The molecule has 4 nitrogen and oxygen atoms in total. The summed E-state index contributed by atoms with van der Waals surface area (Å²) >= 11 is 0. The first-order valence-corrected chi connectivity index (χ1v) is 6.83. The SMILES string of the molecule is CCOP(=O)(C#CN(CC)CC)OCC. The third kappa shape index (κ3) is 5.84. The van der Waals surface area contributed by atoms with Crippen LogP contribution in [-0.2, 0) is 13.6 Å². The molecular formula is C10H20NO3P. The third-order valence-electron chi connectivity index (χ3n) is 1.71. The molecule has 0 heterocycles. The van der Waals surface area contributed by atoms with Gasteiger partial charge in [-0.3, -0.25) is 9.05 Å². The van der Waals surface area contributed by atoms with Crippen LogP contribution in [0.4, 0.5) is 0 Å². The van der Waals surface area contributed by atoms with Gasteiger partial charge in [0.05, 0.1) is 13.2 Å². The molecule has 0 saturated carbocycles. The van der Waals surface area contributed by atoms with Crippen LogP contribution in [0, 0.1) is 11.7 Å². The molecule has 0 fully saturated rings. The summed E-state index contributed by atoms with van der Waals surface area (Å²) < 4.78 is 22.0. The van der Waals surface area contributed by atoms with E-state index in [1.54, 1.807) is 13.8 Å². The fourth-order valence-corrected chi connectivity index (χ4v) is 2.10. The highest BCUT2D eigenvalue weighted by Gasteiger charge is 2.19. The van der Waals surface area contributed by atoms with Crippen LogP contribution in [0.1, 0.15) is 27.7 Å². The lowest BCUT2D eigenvalue weighted by Crippen LogP contribution is -2.16. The first-order valence-electron chi connectivity index (χ1n) is 5.28. The Morgan fingerprint density at radius 3 is 1.87 bits per heavy atom. The minimum atomic E-state index is -3.20. The van der Waals surface area contributed by atoms with Crippen LogP contribution in [-0.4, -0.2) is 31.2 Å². The molecule has 0 aromatic heterocycles. The van der Waals surface area contributed by atoms with Crippen LogP contribution in [0.5, 0.6) is 0 Å². The van der Waals surface area contributed by atoms with Gasteiger partial charge in [0.15, 0.2) is 0 Å². The molecule has 0 radical (unpaired) electrons. The topological polar surface area (TPSA) is 38.8 Å². The zero-order valence-electron chi connectivity index (χ0n) is 9.95. The molecule has 88 valence electrons. The zero-order chi connectivity index (χ0) is 11.7. The van der Waals surface area contributed by atoms with Gasteiger partial charge in [-0.1, -0.05) is 0 Å². The van der Waals surface area contributed by atoms with Crippen molar-refractivity contribution in [3.05, 3.63) is 0 Å². The fraction of sp³-hybridized carbons (Fsp3) is 0.800. The molecule has 0 aliphatic carbocycles. The Labute approximate surface area is 92.5 Å². The Hall–Kier alpha value is -0.490. The van der Waals surface area contributed by atoms with E-state index < -0.39 is 7.60 Å². The lowest BCUT2D eigenvalue weighted by atomic mass is 10.6. The predicted molar refractivity (Wildman–Crippen MR) is 61.6 cm³/mol. The summed E-state index contributed by atoms with van der Waals surface area (Å²) in [6.45, 7) is 9.78. The van der Waals surface area contributed by atoms with Crippen molar-refractivity contribution >= 4 is 7.60 Å². The van der Waals surface area contributed by atoms with E-state index in [1.165, 1.54) is 0 Å². The zero-order valence-corrected chi connectivity index (χ0v) is 10.8. The van der Waals surface area contributed by atoms with E-state index in [1.807, 2.05) is 18.7 Å². The third-order valence-corrected chi connectivity index (χ3v) is 3.28. The Balaban J connectivity index is 4.57. The summed E-state index contributed by atoms with van der Waals surface area (Å²) in [6, 6.07) is 2.80. The Morgan fingerprint density at radius 2 is 1.53 bits per heavy atom. The monoisotopic (exact) mass is 233 g/mol. The summed E-state index contributed by atoms with van der Waals surface area (Å²) in [5.74, 6) is 0. The van der Waals surface area contributed by atoms with E-state index in [2.05, 4.69) is 11.7 Å². The van der Waals surface area contributed by atoms with Gasteiger partial charge in [-0.2, -0.15) is 0 Å². The Bertz CT molecular complexity index is 256. The van der Waals surface area contributed by atoms with E-state index in [0.717, 1.165) is 13.1 Å². The van der Waals surface area contributed by atoms with Gasteiger partial charge >= 0.3 is 7.60 Å². The fourth-order valence-electron chi connectivity index (χ4n) is 0.955. The van der Waals surface area contributed by atoms with Crippen LogP contribution >= 0.6 is 7.60 Å². The molecule has 0 spiro atoms. The molecule has 0 aliphatic rings. The predicted octanol–water partition coefficient (Wildman–Crippen LogP) is 2.51. The highest BCUT2D eigenvalue weighted by Crippen LogP contribution is 2.46. The number of hydrogen-bond acceptors (Lipinski definition) is 4. The minimum Gasteiger partial charge on any atom is -0.333 e. The average Bonchev–Trinajstić information content (AvgIpc) is 2.20. The van der Waals surface area contributed by atoms with Crippen molar-refractivity contribution in [2.75, 3.05) is 26.3 Å². The Kier molecular flexibility index (Phi) is 7.50. The van der Waals surface area contributed by atoms with Gasteiger partial charge in [-0.05, 0) is 27.7 Å². The van der Waals surface area contributed by atoms with Crippen molar-refractivity contribution in [2.45, 2.75) is 27.7 Å². The lowest BCUT2D eigenvalue weighted by Gasteiger charge is -2.13. The summed E-state index contributed by atoms with van der Waals surface area (Å²) in [5.41, 5.74) is 2.59. The standard InChI is InChI=1S/C10H20NO3P/c1-5-11(6-2)9-10-15(12,13-7-3)14-8-4/h5-8H2,1-4H3. The second-order valence-corrected chi connectivity index (χ2v) is 4.46. The molecule has 0 saturated heterocycles. The average molecular weight is 233 g/mol. The van der Waals surface area contributed by atoms with E-state index in [0.29, 0.717) is 13.2 Å². The quantitative estimate of drug-likeness (QED) is 0.401. The second-order valence-electron chi connectivity index (χ2n) is 2.73. The molecule has 0 amide bonds.